The summed E-state index contributed by atoms with van der Waals surface area (Å²) >= 11 is 7.46. The van der Waals surface area contributed by atoms with Gasteiger partial charge in [-0.25, -0.2) is 0 Å². The van der Waals surface area contributed by atoms with Crippen molar-refractivity contribution in [3.8, 4) is 0 Å². The van der Waals surface area contributed by atoms with Crippen LogP contribution in [0.4, 0.5) is 5.69 Å². The van der Waals surface area contributed by atoms with Crippen LogP contribution in [0, 0.1) is 0 Å². The van der Waals surface area contributed by atoms with Crippen molar-refractivity contribution >= 4 is 58.4 Å². The molecule has 1 heterocycles. The highest BCUT2D eigenvalue weighted by atomic mass is 35.5. The molecule has 7 heteroatoms. The molecule has 0 fully saturated rings. The first-order valence-corrected chi connectivity index (χ1v) is 12.3. The van der Waals surface area contributed by atoms with E-state index in [2.05, 4.69) is 10.6 Å². The van der Waals surface area contributed by atoms with Crippen LogP contribution in [0.25, 0.3) is 12.2 Å². The summed E-state index contributed by atoms with van der Waals surface area (Å²) in [5.41, 5.74) is 3.12. The highest BCUT2D eigenvalue weighted by Crippen LogP contribution is 2.16. The summed E-state index contributed by atoms with van der Waals surface area (Å²) in [6, 6.07) is 24.3. The Morgan fingerprint density at radius 1 is 0.806 bits per heavy atom. The van der Waals surface area contributed by atoms with Crippen LogP contribution in [-0.2, 0) is 4.79 Å². The molecule has 0 aliphatic carbocycles. The standard InChI is InChI=1S/C29H21ClN2O3S/c30-24-8-4-5-20(17-24)9-14-27(33)22-10-12-25(13-11-22)31-29(35)26(18-21-15-16-36-19-21)32-28(34)23-6-2-1-3-7-23/h1-19H,(H,31,35)(H,32,34)/b14-9+,26-18-. The Hall–Kier alpha value is -4.26. The first-order valence-electron chi connectivity index (χ1n) is 11.0. The molecule has 178 valence electrons. The van der Waals surface area contributed by atoms with Crippen LogP contribution in [0.1, 0.15) is 31.8 Å². The first kappa shape index (κ1) is 24.9. The van der Waals surface area contributed by atoms with Gasteiger partial charge in [0.25, 0.3) is 11.8 Å². The Labute approximate surface area is 217 Å². The minimum Gasteiger partial charge on any atom is -0.321 e. The third-order valence-corrected chi connectivity index (χ3v) is 6.02. The molecule has 0 unspecified atom stereocenters. The number of carbonyl (C=O) groups excluding carboxylic acids is 3. The van der Waals surface area contributed by atoms with E-state index in [4.69, 9.17) is 11.6 Å². The zero-order valence-electron chi connectivity index (χ0n) is 19.0. The van der Waals surface area contributed by atoms with Crippen molar-refractivity contribution in [3.05, 3.63) is 135 Å². The summed E-state index contributed by atoms with van der Waals surface area (Å²) < 4.78 is 0. The summed E-state index contributed by atoms with van der Waals surface area (Å²) in [6.45, 7) is 0. The molecular weight excluding hydrogens is 492 g/mol. The van der Waals surface area contributed by atoms with E-state index < -0.39 is 5.91 Å². The zero-order chi connectivity index (χ0) is 25.3. The van der Waals surface area contributed by atoms with Crippen molar-refractivity contribution < 1.29 is 14.4 Å². The monoisotopic (exact) mass is 512 g/mol. The van der Waals surface area contributed by atoms with Gasteiger partial charge in [0.05, 0.1) is 0 Å². The van der Waals surface area contributed by atoms with E-state index >= 15 is 0 Å². The van der Waals surface area contributed by atoms with Crippen LogP contribution in [0.2, 0.25) is 5.02 Å². The number of thiophene rings is 1. The maximum atomic E-state index is 13.0. The second-order valence-electron chi connectivity index (χ2n) is 7.72. The second-order valence-corrected chi connectivity index (χ2v) is 8.94. The topological polar surface area (TPSA) is 75.3 Å². The number of benzene rings is 3. The Morgan fingerprint density at radius 2 is 1.58 bits per heavy atom. The Morgan fingerprint density at radius 3 is 2.28 bits per heavy atom. The molecule has 0 saturated carbocycles. The zero-order valence-corrected chi connectivity index (χ0v) is 20.6. The summed E-state index contributed by atoms with van der Waals surface area (Å²) in [6.07, 6.45) is 4.78. The summed E-state index contributed by atoms with van der Waals surface area (Å²) in [7, 11) is 0. The van der Waals surface area contributed by atoms with Crippen molar-refractivity contribution in [1.82, 2.24) is 5.32 Å². The number of hydrogen-bond donors (Lipinski definition) is 2. The van der Waals surface area contributed by atoms with E-state index in [1.165, 1.54) is 17.4 Å². The van der Waals surface area contributed by atoms with Crippen molar-refractivity contribution in [2.24, 2.45) is 0 Å². The molecule has 0 atom stereocenters. The van der Waals surface area contributed by atoms with Gasteiger partial charge in [-0.05, 0) is 88.6 Å². The fraction of sp³-hybridized carbons (Fsp3) is 0. The van der Waals surface area contributed by atoms with Gasteiger partial charge in [-0.1, -0.05) is 48.0 Å². The van der Waals surface area contributed by atoms with Crippen LogP contribution >= 0.6 is 22.9 Å². The van der Waals surface area contributed by atoms with Crippen LogP contribution in [0.15, 0.2) is 107 Å². The average molecular weight is 513 g/mol. The van der Waals surface area contributed by atoms with Crippen LogP contribution in [0.5, 0.6) is 0 Å². The number of ketones is 1. The van der Waals surface area contributed by atoms with Gasteiger partial charge in [-0.2, -0.15) is 11.3 Å². The van der Waals surface area contributed by atoms with E-state index in [9.17, 15) is 14.4 Å². The van der Waals surface area contributed by atoms with E-state index in [-0.39, 0.29) is 17.4 Å². The number of carbonyl (C=O) groups is 3. The molecule has 2 N–H and O–H groups in total. The second kappa shape index (κ2) is 11.9. The van der Waals surface area contributed by atoms with Gasteiger partial charge in [0.15, 0.2) is 5.78 Å². The number of nitrogens with one attached hydrogen (secondary N) is 2. The van der Waals surface area contributed by atoms with E-state index in [0.717, 1.165) is 11.1 Å². The lowest BCUT2D eigenvalue weighted by Gasteiger charge is -2.11. The molecule has 0 aliphatic rings. The third-order valence-electron chi connectivity index (χ3n) is 5.09. The molecule has 3 aromatic carbocycles. The first-order chi connectivity index (χ1) is 17.5. The molecule has 4 aromatic rings. The molecule has 2 amide bonds. The van der Waals surface area contributed by atoms with Gasteiger partial charge in [0, 0.05) is 21.8 Å². The van der Waals surface area contributed by atoms with Gasteiger partial charge in [0.2, 0.25) is 0 Å². The number of amides is 2. The normalized spacial score (nSPS) is 11.3. The highest BCUT2D eigenvalue weighted by molar-refractivity contribution is 7.08. The summed E-state index contributed by atoms with van der Waals surface area (Å²) in [4.78, 5) is 38.2. The molecular formula is C29H21ClN2O3S. The molecule has 36 heavy (non-hydrogen) atoms. The van der Waals surface area contributed by atoms with Gasteiger partial charge in [0.1, 0.15) is 5.70 Å². The van der Waals surface area contributed by atoms with Crippen molar-refractivity contribution in [3.63, 3.8) is 0 Å². The van der Waals surface area contributed by atoms with Crippen molar-refractivity contribution in [1.29, 1.82) is 0 Å². The molecule has 1 aromatic heterocycles. The van der Waals surface area contributed by atoms with E-state index in [0.29, 0.717) is 21.8 Å². The molecule has 0 spiro atoms. The number of allylic oxidation sites excluding steroid dienone is 1. The molecule has 4 rings (SSSR count). The maximum Gasteiger partial charge on any atom is 0.272 e. The Bertz CT molecular complexity index is 1430. The van der Waals surface area contributed by atoms with Gasteiger partial charge >= 0.3 is 0 Å². The van der Waals surface area contributed by atoms with E-state index in [1.54, 1.807) is 72.8 Å². The fourth-order valence-corrected chi connectivity index (χ4v) is 4.08. The lowest BCUT2D eigenvalue weighted by atomic mass is 10.1. The molecule has 0 radical (unpaired) electrons. The molecule has 0 saturated heterocycles. The largest absolute Gasteiger partial charge is 0.321 e. The fourth-order valence-electron chi connectivity index (χ4n) is 3.26. The Kier molecular flexibility index (Phi) is 8.24. The molecule has 0 aliphatic heterocycles. The van der Waals surface area contributed by atoms with Gasteiger partial charge in [-0.15, -0.1) is 0 Å². The van der Waals surface area contributed by atoms with E-state index in [1.807, 2.05) is 35.0 Å². The van der Waals surface area contributed by atoms with Crippen molar-refractivity contribution in [2.45, 2.75) is 0 Å². The molecule has 5 nitrogen and oxygen atoms in total. The summed E-state index contributed by atoms with van der Waals surface area (Å²) in [5, 5.41) is 9.83. The van der Waals surface area contributed by atoms with Gasteiger partial charge in [-0.3, -0.25) is 14.4 Å². The van der Waals surface area contributed by atoms with Crippen molar-refractivity contribution in [2.75, 3.05) is 5.32 Å². The highest BCUT2D eigenvalue weighted by Gasteiger charge is 2.15. The third kappa shape index (κ3) is 6.88. The number of rotatable bonds is 8. The average Bonchev–Trinajstić information content (AvgIpc) is 3.41. The molecule has 0 bridgehead atoms. The predicted octanol–water partition coefficient (Wildman–Crippen LogP) is 6.71. The summed E-state index contributed by atoms with van der Waals surface area (Å²) in [5.74, 6) is -1.05. The lowest BCUT2D eigenvalue weighted by molar-refractivity contribution is -0.113. The number of anilines is 1. The lowest BCUT2D eigenvalue weighted by Crippen LogP contribution is -2.30. The van der Waals surface area contributed by atoms with Crippen LogP contribution < -0.4 is 10.6 Å². The van der Waals surface area contributed by atoms with Crippen LogP contribution in [-0.4, -0.2) is 17.6 Å². The SMILES string of the molecule is O=C(Nc1ccc(C(=O)/C=C/c2cccc(Cl)c2)cc1)/C(=C/c1ccsc1)NC(=O)c1ccccc1. The number of halogens is 1. The smallest absolute Gasteiger partial charge is 0.272 e. The van der Waals surface area contributed by atoms with Gasteiger partial charge < -0.3 is 10.6 Å². The minimum atomic E-state index is -0.481. The Balaban J connectivity index is 1.45. The maximum absolute atomic E-state index is 13.0. The number of hydrogen-bond acceptors (Lipinski definition) is 4. The van der Waals surface area contributed by atoms with Crippen LogP contribution in [0.3, 0.4) is 0 Å². The predicted molar refractivity (Wildman–Crippen MR) is 146 cm³/mol. The quantitative estimate of drug-likeness (QED) is 0.203. The minimum absolute atomic E-state index is 0.104.